The van der Waals surface area contributed by atoms with E-state index >= 15 is 0 Å². The molecular formula is C20H41N4O8P. The molecule has 2 rings (SSSR count). The molecule has 2 aliphatic rings. The first-order valence-corrected chi connectivity index (χ1v) is 13.0. The van der Waals surface area contributed by atoms with Crippen LogP contribution in [0.3, 0.4) is 0 Å². The van der Waals surface area contributed by atoms with E-state index in [9.17, 15) is 9.36 Å². The maximum atomic E-state index is 13.7. The number of nitrogens with zero attached hydrogens (tertiary/aromatic N) is 4. The van der Waals surface area contributed by atoms with Crippen molar-refractivity contribution < 1.29 is 37.9 Å². The Labute approximate surface area is 197 Å². The molecule has 2 aliphatic heterocycles. The predicted molar refractivity (Wildman–Crippen MR) is 122 cm³/mol. The summed E-state index contributed by atoms with van der Waals surface area (Å²) in [6, 6.07) is 0. The summed E-state index contributed by atoms with van der Waals surface area (Å²) < 4.78 is 44.6. The Kier molecular flexibility index (Phi) is 12.5. The summed E-state index contributed by atoms with van der Waals surface area (Å²) >= 11 is 0. The topological polar surface area (TPSA) is 113 Å². The van der Waals surface area contributed by atoms with Crippen molar-refractivity contribution in [3.05, 3.63) is 0 Å². The summed E-state index contributed by atoms with van der Waals surface area (Å²) in [5.41, 5.74) is 0. The van der Waals surface area contributed by atoms with Gasteiger partial charge in [0.25, 0.3) is 0 Å². The molecule has 2 heterocycles. The number of hydrogen-bond donors (Lipinski definition) is 1. The zero-order chi connectivity index (χ0) is 24.3. The molecule has 194 valence electrons. The normalized spacial score (nSPS) is 24.7. The molecule has 2 unspecified atom stereocenters. The molecule has 2 fully saturated rings. The van der Waals surface area contributed by atoms with Crippen molar-refractivity contribution in [2.45, 2.75) is 19.1 Å². The van der Waals surface area contributed by atoms with E-state index in [2.05, 4.69) is 4.90 Å². The molecule has 0 spiro atoms. The summed E-state index contributed by atoms with van der Waals surface area (Å²) in [4.78, 5) is 16.1. The second-order valence-electron chi connectivity index (χ2n) is 8.43. The number of likely N-dealkylation sites (N-methyl/N-ethyl adjacent to an activating group) is 1. The number of rotatable bonds is 13. The molecule has 3 atom stereocenters. The van der Waals surface area contributed by atoms with Gasteiger partial charge in [0.2, 0.25) is 0 Å². The molecule has 0 aliphatic carbocycles. The van der Waals surface area contributed by atoms with Gasteiger partial charge in [-0.05, 0) is 28.1 Å². The highest BCUT2D eigenvalue weighted by molar-refractivity contribution is 7.53. The van der Waals surface area contributed by atoms with Crippen LogP contribution in [0.2, 0.25) is 0 Å². The van der Waals surface area contributed by atoms with Gasteiger partial charge in [-0.15, -0.1) is 0 Å². The average molecular weight is 497 g/mol. The molecule has 0 saturated carbocycles. The lowest BCUT2D eigenvalue weighted by atomic mass is 10.2. The minimum atomic E-state index is -3.23. The van der Waals surface area contributed by atoms with Crippen molar-refractivity contribution >= 4 is 13.8 Å². The standard InChI is InChI=1S/C20H41N4O8P/c1-18-15-22(4)16-19(32-18)17-31-33(27,21(2)3)24-7-5-23(6-8-24)20(26)30-14-13-29-12-11-28-10-9-25/h18-19,25H,5-17H2,1-4H3/t18?,19-,33?/m0/s1. The minimum Gasteiger partial charge on any atom is -0.447 e. The third-order valence-corrected chi connectivity index (χ3v) is 7.99. The first-order valence-electron chi connectivity index (χ1n) is 11.5. The van der Waals surface area contributed by atoms with Crippen LogP contribution in [-0.2, 0) is 28.0 Å². The number of aliphatic hydroxyl groups is 1. The number of ether oxygens (including phenoxy) is 4. The first-order chi connectivity index (χ1) is 15.8. The zero-order valence-electron chi connectivity index (χ0n) is 20.4. The van der Waals surface area contributed by atoms with E-state index < -0.39 is 13.8 Å². The SMILES string of the molecule is CC1CN(C)C[C@@H](COP(=O)(N(C)C)N2CCN(C(=O)OCCOCCOCCO)CC2)O1. The van der Waals surface area contributed by atoms with Crippen molar-refractivity contribution in [1.29, 1.82) is 0 Å². The fourth-order valence-corrected chi connectivity index (χ4v) is 5.74. The minimum absolute atomic E-state index is 0.0210. The molecular weight excluding hydrogens is 455 g/mol. The molecule has 0 aromatic carbocycles. The van der Waals surface area contributed by atoms with E-state index in [1.165, 1.54) is 0 Å². The molecule has 0 radical (unpaired) electrons. The van der Waals surface area contributed by atoms with Crippen LogP contribution in [0, 0.1) is 0 Å². The highest BCUT2D eigenvalue weighted by atomic mass is 31.2. The Morgan fingerprint density at radius 3 is 2.30 bits per heavy atom. The zero-order valence-corrected chi connectivity index (χ0v) is 21.3. The van der Waals surface area contributed by atoms with Crippen molar-refractivity contribution in [2.75, 3.05) is 107 Å². The van der Waals surface area contributed by atoms with Crippen molar-refractivity contribution in [2.24, 2.45) is 0 Å². The second kappa shape index (κ2) is 14.6. The van der Waals surface area contributed by atoms with Crippen molar-refractivity contribution in [3.63, 3.8) is 0 Å². The lowest BCUT2D eigenvalue weighted by molar-refractivity contribution is -0.0864. The second-order valence-corrected chi connectivity index (χ2v) is 11.0. The number of aliphatic hydroxyl groups excluding tert-OH is 1. The number of carbonyl (C=O) groups excluding carboxylic acids is 1. The summed E-state index contributed by atoms with van der Waals surface area (Å²) in [5, 5.41) is 8.62. The lowest BCUT2D eigenvalue weighted by Gasteiger charge is -2.41. The number of carbonyl (C=O) groups is 1. The van der Waals surface area contributed by atoms with Crippen LogP contribution in [0.25, 0.3) is 0 Å². The maximum Gasteiger partial charge on any atom is 0.409 e. The van der Waals surface area contributed by atoms with E-state index in [0.717, 1.165) is 13.1 Å². The molecule has 33 heavy (non-hydrogen) atoms. The summed E-state index contributed by atoms with van der Waals surface area (Å²) in [6.07, 6.45) is -0.439. The van der Waals surface area contributed by atoms with Crippen LogP contribution >= 0.6 is 7.67 Å². The molecule has 13 heteroatoms. The van der Waals surface area contributed by atoms with Gasteiger partial charge in [-0.25, -0.2) is 14.1 Å². The van der Waals surface area contributed by atoms with Crippen LogP contribution in [0.5, 0.6) is 0 Å². The van der Waals surface area contributed by atoms with Gasteiger partial charge in [0.15, 0.2) is 0 Å². The maximum absolute atomic E-state index is 13.7. The van der Waals surface area contributed by atoms with E-state index in [1.54, 1.807) is 23.7 Å². The van der Waals surface area contributed by atoms with E-state index in [1.807, 2.05) is 18.6 Å². The Hall–Kier alpha value is -0.820. The fourth-order valence-electron chi connectivity index (χ4n) is 3.79. The van der Waals surface area contributed by atoms with Gasteiger partial charge in [-0.3, -0.25) is 4.57 Å². The first kappa shape index (κ1) is 28.4. The molecule has 1 N–H and O–H groups in total. The Bertz CT molecular complexity index is 611. The third-order valence-electron chi connectivity index (χ3n) is 5.38. The van der Waals surface area contributed by atoms with Crippen LogP contribution in [0.1, 0.15) is 6.92 Å². The third kappa shape index (κ3) is 9.39. The Morgan fingerprint density at radius 2 is 1.70 bits per heavy atom. The van der Waals surface area contributed by atoms with E-state index in [0.29, 0.717) is 39.4 Å². The molecule has 0 aromatic rings. The summed E-state index contributed by atoms with van der Waals surface area (Å²) in [7, 11) is 2.29. The van der Waals surface area contributed by atoms with Crippen molar-refractivity contribution in [1.82, 2.24) is 19.1 Å². The molecule has 0 aromatic heterocycles. The van der Waals surface area contributed by atoms with Crippen LogP contribution in [-0.4, -0.2) is 149 Å². The lowest BCUT2D eigenvalue weighted by Crippen LogP contribution is -2.50. The molecule has 0 bridgehead atoms. The van der Waals surface area contributed by atoms with Gasteiger partial charge in [-0.2, -0.15) is 0 Å². The van der Waals surface area contributed by atoms with Gasteiger partial charge < -0.3 is 38.4 Å². The largest absolute Gasteiger partial charge is 0.447 e. The van der Waals surface area contributed by atoms with Gasteiger partial charge in [0.05, 0.1) is 51.8 Å². The van der Waals surface area contributed by atoms with Crippen LogP contribution in [0.4, 0.5) is 4.79 Å². The molecule has 1 amide bonds. The fraction of sp³-hybridized carbons (Fsp3) is 0.950. The molecule has 2 saturated heterocycles. The molecule has 12 nitrogen and oxygen atoms in total. The Balaban J connectivity index is 1.71. The number of amides is 1. The highest BCUT2D eigenvalue weighted by Gasteiger charge is 2.39. The average Bonchev–Trinajstić information content (AvgIpc) is 2.78. The highest BCUT2D eigenvalue weighted by Crippen LogP contribution is 2.53. The van der Waals surface area contributed by atoms with Gasteiger partial charge in [0, 0.05) is 39.3 Å². The number of morpholine rings is 1. The number of hydrogen-bond acceptors (Lipinski definition) is 9. The van der Waals surface area contributed by atoms with Gasteiger partial charge >= 0.3 is 13.8 Å². The van der Waals surface area contributed by atoms with Crippen LogP contribution in [0.15, 0.2) is 0 Å². The predicted octanol–water partition coefficient (Wildman–Crippen LogP) is 0.172. The quantitative estimate of drug-likeness (QED) is 0.278. The summed E-state index contributed by atoms with van der Waals surface area (Å²) in [5.74, 6) is 0. The smallest absolute Gasteiger partial charge is 0.409 e. The summed E-state index contributed by atoms with van der Waals surface area (Å²) in [6.45, 7) is 6.94. The van der Waals surface area contributed by atoms with Crippen LogP contribution < -0.4 is 0 Å². The van der Waals surface area contributed by atoms with Gasteiger partial charge in [-0.1, -0.05) is 0 Å². The Morgan fingerprint density at radius 1 is 1.06 bits per heavy atom. The van der Waals surface area contributed by atoms with E-state index in [4.69, 9.17) is 28.6 Å². The van der Waals surface area contributed by atoms with Crippen molar-refractivity contribution in [3.8, 4) is 0 Å². The monoisotopic (exact) mass is 496 g/mol. The number of piperazine rings is 1. The van der Waals surface area contributed by atoms with Gasteiger partial charge in [0.1, 0.15) is 6.61 Å². The van der Waals surface area contributed by atoms with E-state index in [-0.39, 0.29) is 45.2 Å².